The number of nitrogen functional groups attached to an aromatic ring is 1. The molecule has 16 heavy (non-hydrogen) atoms. The highest BCUT2D eigenvalue weighted by atomic mass is 16.1. The van der Waals surface area contributed by atoms with Gasteiger partial charge in [-0.2, -0.15) is 5.10 Å². The van der Waals surface area contributed by atoms with Crippen LogP contribution in [0.15, 0.2) is 30.3 Å². The number of aromatic amines is 1. The number of nitrogens with zero attached hydrogens (tertiary/aromatic N) is 1. The zero-order valence-corrected chi connectivity index (χ0v) is 8.82. The van der Waals surface area contributed by atoms with Crippen LogP contribution in [0.2, 0.25) is 0 Å². The molecule has 0 radical (unpaired) electrons. The molecule has 0 aliphatic rings. The number of hydrogen-bond donors (Lipinski definition) is 3. The molecule has 1 aromatic heterocycles. The van der Waals surface area contributed by atoms with Gasteiger partial charge in [-0.25, -0.2) is 0 Å². The first-order valence-corrected chi connectivity index (χ1v) is 4.84. The van der Waals surface area contributed by atoms with Crippen molar-refractivity contribution in [3.63, 3.8) is 0 Å². The van der Waals surface area contributed by atoms with Crippen LogP contribution >= 0.6 is 0 Å². The number of carbonyl (C=O) groups is 1. The Kier molecular flexibility index (Phi) is 2.59. The number of amides is 1. The predicted octanol–water partition coefficient (Wildman–Crippen LogP) is 1.62. The van der Waals surface area contributed by atoms with E-state index in [1.165, 1.54) is 6.92 Å². The Morgan fingerprint density at radius 2 is 2.06 bits per heavy atom. The molecule has 0 saturated heterocycles. The zero-order chi connectivity index (χ0) is 11.5. The minimum atomic E-state index is -0.0847. The standard InChI is InChI=1S/C11H12N4O/c1-7(16)13-9-4-2-8(3-5-9)10-6-11(12)15-14-10/h2-6H,1H3,(H,13,16)(H3,12,14,15). The minimum Gasteiger partial charge on any atom is -0.382 e. The Morgan fingerprint density at radius 1 is 1.38 bits per heavy atom. The summed E-state index contributed by atoms with van der Waals surface area (Å²) < 4.78 is 0. The van der Waals surface area contributed by atoms with Gasteiger partial charge in [0.2, 0.25) is 5.91 Å². The molecule has 5 nitrogen and oxygen atoms in total. The lowest BCUT2D eigenvalue weighted by atomic mass is 10.1. The third-order valence-corrected chi connectivity index (χ3v) is 2.11. The summed E-state index contributed by atoms with van der Waals surface area (Å²) in [5.41, 5.74) is 8.10. The molecule has 0 bridgehead atoms. The van der Waals surface area contributed by atoms with E-state index < -0.39 is 0 Å². The number of H-pyrrole nitrogens is 1. The van der Waals surface area contributed by atoms with Crippen LogP contribution in [0.1, 0.15) is 6.92 Å². The van der Waals surface area contributed by atoms with E-state index in [4.69, 9.17) is 5.73 Å². The van der Waals surface area contributed by atoms with Crippen LogP contribution in [0.4, 0.5) is 11.5 Å². The second kappa shape index (κ2) is 4.06. The zero-order valence-electron chi connectivity index (χ0n) is 8.82. The van der Waals surface area contributed by atoms with E-state index in [2.05, 4.69) is 15.5 Å². The molecule has 0 fully saturated rings. The Morgan fingerprint density at radius 3 is 2.56 bits per heavy atom. The fourth-order valence-corrected chi connectivity index (χ4v) is 1.42. The van der Waals surface area contributed by atoms with E-state index >= 15 is 0 Å². The number of carbonyl (C=O) groups excluding carboxylic acids is 1. The van der Waals surface area contributed by atoms with E-state index in [1.54, 1.807) is 6.07 Å². The summed E-state index contributed by atoms with van der Waals surface area (Å²) in [7, 11) is 0. The van der Waals surface area contributed by atoms with E-state index in [0.29, 0.717) is 5.82 Å². The number of rotatable bonds is 2. The quantitative estimate of drug-likeness (QED) is 0.713. The molecule has 0 unspecified atom stereocenters. The van der Waals surface area contributed by atoms with Gasteiger partial charge >= 0.3 is 0 Å². The molecule has 0 aliphatic carbocycles. The van der Waals surface area contributed by atoms with Crippen molar-refractivity contribution in [2.24, 2.45) is 0 Å². The maximum absolute atomic E-state index is 10.8. The van der Waals surface area contributed by atoms with Crippen molar-refractivity contribution < 1.29 is 4.79 Å². The Balaban J connectivity index is 2.22. The highest BCUT2D eigenvalue weighted by molar-refractivity contribution is 5.88. The summed E-state index contributed by atoms with van der Waals surface area (Å²) in [4.78, 5) is 10.8. The average Bonchev–Trinajstić information content (AvgIpc) is 2.65. The largest absolute Gasteiger partial charge is 0.382 e. The molecule has 1 aromatic carbocycles. The van der Waals surface area contributed by atoms with Crippen molar-refractivity contribution in [3.8, 4) is 11.3 Å². The van der Waals surface area contributed by atoms with E-state index in [9.17, 15) is 4.79 Å². The maximum atomic E-state index is 10.8. The van der Waals surface area contributed by atoms with E-state index in [-0.39, 0.29) is 5.91 Å². The number of aromatic nitrogens is 2. The van der Waals surface area contributed by atoms with Crippen LogP contribution in [0.25, 0.3) is 11.3 Å². The van der Waals surface area contributed by atoms with Gasteiger partial charge < -0.3 is 11.1 Å². The average molecular weight is 216 g/mol. The van der Waals surface area contributed by atoms with Gasteiger partial charge in [-0.05, 0) is 17.7 Å². The SMILES string of the molecule is CC(=O)Nc1ccc(-c2cc(N)n[nH]2)cc1. The van der Waals surface area contributed by atoms with Crippen LogP contribution < -0.4 is 11.1 Å². The molecule has 5 heteroatoms. The van der Waals surface area contributed by atoms with Crippen LogP contribution in [0.5, 0.6) is 0 Å². The van der Waals surface area contributed by atoms with Gasteiger partial charge in [0.25, 0.3) is 0 Å². The van der Waals surface area contributed by atoms with E-state index in [1.807, 2.05) is 24.3 Å². The topological polar surface area (TPSA) is 83.8 Å². The Hall–Kier alpha value is -2.30. The van der Waals surface area contributed by atoms with Crippen LogP contribution in [-0.2, 0) is 4.79 Å². The first-order valence-electron chi connectivity index (χ1n) is 4.84. The number of benzene rings is 1. The van der Waals surface area contributed by atoms with Gasteiger partial charge in [-0.15, -0.1) is 0 Å². The third kappa shape index (κ3) is 2.20. The second-order valence-corrected chi connectivity index (χ2v) is 3.47. The molecule has 2 aromatic rings. The third-order valence-electron chi connectivity index (χ3n) is 2.11. The molecule has 2 rings (SSSR count). The Labute approximate surface area is 92.7 Å². The molecule has 1 amide bonds. The lowest BCUT2D eigenvalue weighted by molar-refractivity contribution is -0.114. The summed E-state index contributed by atoms with van der Waals surface area (Å²) in [5.74, 6) is 0.375. The monoisotopic (exact) mass is 216 g/mol. The van der Waals surface area contributed by atoms with Gasteiger partial charge in [0.05, 0.1) is 5.69 Å². The van der Waals surface area contributed by atoms with Crippen LogP contribution in [0.3, 0.4) is 0 Å². The number of nitrogens with one attached hydrogen (secondary N) is 2. The van der Waals surface area contributed by atoms with Crippen LogP contribution in [-0.4, -0.2) is 16.1 Å². The van der Waals surface area contributed by atoms with Gasteiger partial charge in [0.15, 0.2) is 0 Å². The maximum Gasteiger partial charge on any atom is 0.221 e. The molecular formula is C11H12N4O. The summed E-state index contributed by atoms with van der Waals surface area (Å²) in [6, 6.07) is 9.19. The predicted molar refractivity (Wildman–Crippen MR) is 62.7 cm³/mol. The second-order valence-electron chi connectivity index (χ2n) is 3.47. The number of anilines is 2. The van der Waals surface area contributed by atoms with Crippen molar-refractivity contribution in [1.29, 1.82) is 0 Å². The van der Waals surface area contributed by atoms with E-state index in [0.717, 1.165) is 16.9 Å². The molecule has 0 aliphatic heterocycles. The molecule has 0 spiro atoms. The van der Waals surface area contributed by atoms with Crippen molar-refractivity contribution in [1.82, 2.24) is 10.2 Å². The highest BCUT2D eigenvalue weighted by Crippen LogP contribution is 2.20. The fourth-order valence-electron chi connectivity index (χ4n) is 1.42. The highest BCUT2D eigenvalue weighted by Gasteiger charge is 2.01. The summed E-state index contributed by atoms with van der Waals surface area (Å²) in [5, 5.41) is 9.37. The first-order chi connectivity index (χ1) is 7.65. The summed E-state index contributed by atoms with van der Waals surface area (Å²) in [6.45, 7) is 1.48. The van der Waals surface area contributed by atoms with Gasteiger partial charge in [0.1, 0.15) is 5.82 Å². The van der Waals surface area contributed by atoms with Gasteiger partial charge in [0, 0.05) is 18.7 Å². The van der Waals surface area contributed by atoms with Crippen molar-refractivity contribution >= 4 is 17.4 Å². The van der Waals surface area contributed by atoms with Gasteiger partial charge in [-0.3, -0.25) is 9.89 Å². The summed E-state index contributed by atoms with van der Waals surface area (Å²) in [6.07, 6.45) is 0. The smallest absolute Gasteiger partial charge is 0.221 e. The summed E-state index contributed by atoms with van der Waals surface area (Å²) >= 11 is 0. The first kappa shape index (κ1) is 10.2. The molecule has 1 heterocycles. The number of hydrogen-bond acceptors (Lipinski definition) is 3. The van der Waals surface area contributed by atoms with Crippen molar-refractivity contribution in [2.45, 2.75) is 6.92 Å². The fraction of sp³-hybridized carbons (Fsp3) is 0.0909. The van der Waals surface area contributed by atoms with Crippen LogP contribution in [0, 0.1) is 0 Å². The van der Waals surface area contributed by atoms with Gasteiger partial charge in [-0.1, -0.05) is 12.1 Å². The molecule has 0 atom stereocenters. The molecule has 82 valence electrons. The molecule has 0 saturated carbocycles. The minimum absolute atomic E-state index is 0.0847. The normalized spacial score (nSPS) is 10.1. The molecule has 4 N–H and O–H groups in total. The lowest BCUT2D eigenvalue weighted by Gasteiger charge is -2.02. The molecular weight excluding hydrogens is 204 g/mol. The lowest BCUT2D eigenvalue weighted by Crippen LogP contribution is -2.05. The van der Waals surface area contributed by atoms with Crippen molar-refractivity contribution in [2.75, 3.05) is 11.1 Å². The Bertz CT molecular complexity index is 501. The number of nitrogens with two attached hydrogens (primary N) is 1. The van der Waals surface area contributed by atoms with Crippen molar-refractivity contribution in [3.05, 3.63) is 30.3 Å².